The zero-order valence-electron chi connectivity index (χ0n) is 6.79. The predicted octanol–water partition coefficient (Wildman–Crippen LogP) is 0.147. The summed E-state index contributed by atoms with van der Waals surface area (Å²) in [6.45, 7) is 3.38. The van der Waals surface area contributed by atoms with Crippen molar-refractivity contribution in [2.45, 2.75) is 13.3 Å². The first kappa shape index (κ1) is 10.8. The molecule has 0 spiro atoms. The van der Waals surface area contributed by atoms with Crippen LogP contribution in [0, 0.1) is 0 Å². The lowest BCUT2D eigenvalue weighted by atomic mass is 10.4. The maximum Gasteiger partial charge on any atom is 0.232 e. The second-order valence-electron chi connectivity index (χ2n) is 2.21. The number of hydrogen-bond acceptors (Lipinski definition) is 3. The minimum Gasteiger partial charge on any atom is -0.396 e. The van der Waals surface area contributed by atoms with Crippen molar-refractivity contribution in [3.8, 4) is 0 Å². The molecule has 0 atom stereocenters. The summed E-state index contributed by atoms with van der Waals surface area (Å²) in [6.07, 6.45) is 0.646. The third-order valence-corrected chi connectivity index (χ3v) is 1.73. The van der Waals surface area contributed by atoms with Gasteiger partial charge in [0.05, 0.1) is 5.75 Å². The monoisotopic (exact) mass is 177 g/mol. The molecule has 0 aromatic rings. The average molecular weight is 177 g/mol. The van der Waals surface area contributed by atoms with E-state index in [0.717, 1.165) is 0 Å². The Hall–Kier alpha value is -0.220. The number of carbonyl (C=O) groups excluding carboxylic acids is 1. The molecule has 1 N–H and O–H groups in total. The van der Waals surface area contributed by atoms with Crippen LogP contribution in [-0.4, -0.2) is 41.4 Å². The molecule has 0 aromatic heterocycles. The van der Waals surface area contributed by atoms with Gasteiger partial charge in [-0.15, -0.1) is 0 Å². The number of hydrogen-bond donors (Lipinski definition) is 2. The van der Waals surface area contributed by atoms with E-state index in [1.807, 2.05) is 6.92 Å². The van der Waals surface area contributed by atoms with Crippen LogP contribution < -0.4 is 0 Å². The zero-order chi connectivity index (χ0) is 8.69. The molecule has 0 unspecified atom stereocenters. The van der Waals surface area contributed by atoms with E-state index in [-0.39, 0.29) is 18.3 Å². The van der Waals surface area contributed by atoms with Crippen LogP contribution in [0.5, 0.6) is 0 Å². The van der Waals surface area contributed by atoms with Gasteiger partial charge in [-0.25, -0.2) is 0 Å². The van der Waals surface area contributed by atoms with E-state index in [4.69, 9.17) is 5.11 Å². The molecule has 0 aliphatic heterocycles. The van der Waals surface area contributed by atoms with Gasteiger partial charge < -0.3 is 10.0 Å². The predicted molar refractivity (Wildman–Crippen MR) is 47.8 cm³/mol. The van der Waals surface area contributed by atoms with E-state index in [1.165, 1.54) is 0 Å². The van der Waals surface area contributed by atoms with Gasteiger partial charge in [-0.3, -0.25) is 4.79 Å². The highest BCUT2D eigenvalue weighted by atomic mass is 32.1. The summed E-state index contributed by atoms with van der Waals surface area (Å²) in [7, 11) is 0. The van der Waals surface area contributed by atoms with E-state index in [1.54, 1.807) is 4.90 Å². The van der Waals surface area contributed by atoms with Gasteiger partial charge in [0.1, 0.15) is 0 Å². The minimum absolute atomic E-state index is 0.0317. The van der Waals surface area contributed by atoms with Crippen LogP contribution in [0.3, 0.4) is 0 Å². The molecule has 0 heterocycles. The smallest absolute Gasteiger partial charge is 0.232 e. The van der Waals surface area contributed by atoms with E-state index < -0.39 is 0 Å². The third-order valence-electron chi connectivity index (χ3n) is 1.46. The molecule has 11 heavy (non-hydrogen) atoms. The van der Waals surface area contributed by atoms with Crippen molar-refractivity contribution >= 4 is 18.5 Å². The number of amides is 1. The van der Waals surface area contributed by atoms with Gasteiger partial charge in [0, 0.05) is 19.7 Å². The molecule has 0 rings (SSSR count). The Morgan fingerprint density at radius 3 is 2.64 bits per heavy atom. The van der Waals surface area contributed by atoms with Gasteiger partial charge in [0.15, 0.2) is 0 Å². The summed E-state index contributed by atoms with van der Waals surface area (Å²) in [5.74, 6) is 0.281. The van der Waals surface area contributed by atoms with Crippen molar-refractivity contribution < 1.29 is 9.90 Å². The molecule has 0 saturated carbocycles. The van der Waals surface area contributed by atoms with Gasteiger partial charge in [0.2, 0.25) is 5.91 Å². The fraction of sp³-hybridized carbons (Fsp3) is 0.857. The molecule has 0 aliphatic rings. The molecular formula is C7H15NO2S. The van der Waals surface area contributed by atoms with Crippen molar-refractivity contribution in [2.75, 3.05) is 25.4 Å². The average Bonchev–Trinajstić information content (AvgIpc) is 2.05. The van der Waals surface area contributed by atoms with Crippen molar-refractivity contribution in [2.24, 2.45) is 0 Å². The number of aliphatic hydroxyl groups excluding tert-OH is 1. The quantitative estimate of drug-likeness (QED) is 0.587. The number of thiol groups is 1. The largest absolute Gasteiger partial charge is 0.396 e. The maximum atomic E-state index is 11.0. The Kier molecular flexibility index (Phi) is 6.36. The lowest BCUT2D eigenvalue weighted by Crippen LogP contribution is -2.33. The Balaban J connectivity index is 3.65. The van der Waals surface area contributed by atoms with Crippen molar-refractivity contribution in [3.63, 3.8) is 0 Å². The van der Waals surface area contributed by atoms with Crippen molar-refractivity contribution in [1.29, 1.82) is 0 Å². The molecule has 0 bridgehead atoms. The highest BCUT2D eigenvalue weighted by molar-refractivity contribution is 7.81. The SMILES string of the molecule is CCN(CCCO)C(=O)CS. The van der Waals surface area contributed by atoms with Crippen LogP contribution in [-0.2, 0) is 4.79 Å². The molecule has 0 aliphatic carbocycles. The zero-order valence-corrected chi connectivity index (χ0v) is 7.68. The topological polar surface area (TPSA) is 40.5 Å². The summed E-state index contributed by atoms with van der Waals surface area (Å²) in [6, 6.07) is 0. The minimum atomic E-state index is 0.0317. The highest BCUT2D eigenvalue weighted by Gasteiger charge is 2.07. The molecule has 66 valence electrons. The second kappa shape index (κ2) is 6.49. The molecule has 3 nitrogen and oxygen atoms in total. The summed E-state index contributed by atoms with van der Waals surface area (Å²) >= 11 is 3.88. The van der Waals surface area contributed by atoms with E-state index in [0.29, 0.717) is 19.5 Å². The number of nitrogens with zero attached hydrogens (tertiary/aromatic N) is 1. The lowest BCUT2D eigenvalue weighted by molar-refractivity contribution is -0.128. The molecule has 0 fully saturated rings. The summed E-state index contributed by atoms with van der Waals surface area (Å²) < 4.78 is 0. The molecule has 1 amide bonds. The Labute approximate surface area is 72.8 Å². The first-order chi connectivity index (χ1) is 5.26. The molecule has 4 heteroatoms. The molecule has 0 saturated heterocycles. The van der Waals surface area contributed by atoms with E-state index >= 15 is 0 Å². The van der Waals surface area contributed by atoms with Gasteiger partial charge in [0.25, 0.3) is 0 Å². The van der Waals surface area contributed by atoms with Crippen LogP contribution in [0.1, 0.15) is 13.3 Å². The molecular weight excluding hydrogens is 162 g/mol. The first-order valence-electron chi connectivity index (χ1n) is 3.75. The van der Waals surface area contributed by atoms with E-state index in [9.17, 15) is 4.79 Å². The van der Waals surface area contributed by atoms with Crippen molar-refractivity contribution in [3.05, 3.63) is 0 Å². The Morgan fingerprint density at radius 2 is 2.27 bits per heavy atom. The lowest BCUT2D eigenvalue weighted by Gasteiger charge is -2.18. The fourth-order valence-corrected chi connectivity index (χ4v) is 1.02. The standard InChI is InChI=1S/C7H15NO2S/c1-2-8(4-3-5-9)7(10)6-11/h9,11H,2-6H2,1H3. The van der Waals surface area contributed by atoms with Crippen LogP contribution in [0.15, 0.2) is 0 Å². The van der Waals surface area contributed by atoms with Crippen molar-refractivity contribution in [1.82, 2.24) is 4.90 Å². The number of rotatable bonds is 5. The number of carbonyl (C=O) groups is 1. The second-order valence-corrected chi connectivity index (χ2v) is 2.52. The summed E-state index contributed by atoms with van der Waals surface area (Å²) in [4.78, 5) is 12.7. The summed E-state index contributed by atoms with van der Waals surface area (Å²) in [5.41, 5.74) is 0. The van der Waals surface area contributed by atoms with Crippen LogP contribution >= 0.6 is 12.6 Å². The highest BCUT2D eigenvalue weighted by Crippen LogP contribution is 1.93. The van der Waals surface area contributed by atoms with Gasteiger partial charge in [-0.1, -0.05) is 0 Å². The van der Waals surface area contributed by atoms with Crippen LogP contribution in [0.2, 0.25) is 0 Å². The summed E-state index contributed by atoms with van der Waals surface area (Å²) in [5, 5.41) is 8.51. The number of aliphatic hydroxyl groups is 1. The molecule has 0 radical (unpaired) electrons. The Bertz CT molecular complexity index is 119. The van der Waals surface area contributed by atoms with Gasteiger partial charge in [-0.2, -0.15) is 12.6 Å². The van der Waals surface area contributed by atoms with Crippen LogP contribution in [0.25, 0.3) is 0 Å². The third kappa shape index (κ3) is 4.27. The maximum absolute atomic E-state index is 11.0. The van der Waals surface area contributed by atoms with Gasteiger partial charge >= 0.3 is 0 Å². The van der Waals surface area contributed by atoms with Gasteiger partial charge in [-0.05, 0) is 13.3 Å². The Morgan fingerprint density at radius 1 is 1.64 bits per heavy atom. The molecule has 0 aromatic carbocycles. The fourth-order valence-electron chi connectivity index (χ4n) is 0.821. The first-order valence-corrected chi connectivity index (χ1v) is 4.39. The van der Waals surface area contributed by atoms with E-state index in [2.05, 4.69) is 12.6 Å². The van der Waals surface area contributed by atoms with Crippen LogP contribution in [0.4, 0.5) is 0 Å². The normalized spacial score (nSPS) is 9.73.